The first-order chi connectivity index (χ1) is 12.2. The number of benzene rings is 1. The second-order valence-electron chi connectivity index (χ2n) is 5.13. The summed E-state index contributed by atoms with van der Waals surface area (Å²) in [6.45, 7) is 2.05. The Kier molecular flexibility index (Phi) is 7.52. The number of aromatic nitrogens is 1. The number of methoxy groups -OCH3 is 2. The van der Waals surface area contributed by atoms with E-state index in [2.05, 4.69) is 15.6 Å². The minimum Gasteiger partial charge on any atom is -0.497 e. The third kappa shape index (κ3) is 6.31. The van der Waals surface area contributed by atoms with E-state index in [9.17, 15) is 4.79 Å². The first-order valence-corrected chi connectivity index (χ1v) is 7.97. The van der Waals surface area contributed by atoms with E-state index in [0.29, 0.717) is 32.0 Å². The second-order valence-corrected chi connectivity index (χ2v) is 5.13. The Morgan fingerprint density at radius 2 is 1.76 bits per heavy atom. The van der Waals surface area contributed by atoms with Gasteiger partial charge >= 0.3 is 0 Å². The smallest absolute Gasteiger partial charge is 0.269 e. The summed E-state index contributed by atoms with van der Waals surface area (Å²) in [7, 11) is 3.26. The summed E-state index contributed by atoms with van der Waals surface area (Å²) in [6, 6.07) is 10.8. The molecule has 0 unspecified atom stereocenters. The van der Waals surface area contributed by atoms with Crippen molar-refractivity contribution < 1.29 is 19.0 Å². The molecule has 0 aliphatic rings. The Balaban J connectivity index is 1.70. The van der Waals surface area contributed by atoms with Crippen LogP contribution in [0.5, 0.6) is 11.5 Å². The molecule has 2 aromatic rings. The van der Waals surface area contributed by atoms with Crippen molar-refractivity contribution in [2.24, 2.45) is 0 Å². The van der Waals surface area contributed by atoms with Crippen molar-refractivity contribution in [2.45, 2.75) is 0 Å². The fourth-order valence-electron chi connectivity index (χ4n) is 2.03. The highest BCUT2D eigenvalue weighted by Crippen LogP contribution is 2.16. The molecule has 0 aliphatic heterocycles. The minimum absolute atomic E-state index is 0.234. The number of hydrogen-bond donors (Lipinski definition) is 2. The molecule has 7 nitrogen and oxygen atoms in total. The molecular formula is C18H23N3O4. The molecule has 1 heterocycles. The van der Waals surface area contributed by atoms with E-state index in [4.69, 9.17) is 14.2 Å². The van der Waals surface area contributed by atoms with E-state index in [-0.39, 0.29) is 5.91 Å². The van der Waals surface area contributed by atoms with Crippen LogP contribution in [0, 0.1) is 0 Å². The van der Waals surface area contributed by atoms with Gasteiger partial charge in [0.1, 0.15) is 23.8 Å². The Labute approximate surface area is 147 Å². The van der Waals surface area contributed by atoms with Gasteiger partial charge in [-0.05, 0) is 36.4 Å². The minimum atomic E-state index is -0.234. The van der Waals surface area contributed by atoms with E-state index in [1.807, 2.05) is 30.3 Å². The molecule has 0 atom stereocenters. The number of ether oxygens (including phenoxy) is 3. The lowest BCUT2D eigenvalue weighted by Crippen LogP contribution is -2.28. The van der Waals surface area contributed by atoms with Crippen LogP contribution in [0.15, 0.2) is 42.6 Å². The van der Waals surface area contributed by atoms with Crippen molar-refractivity contribution >= 4 is 11.6 Å². The molecule has 2 rings (SSSR count). The lowest BCUT2D eigenvalue weighted by atomic mass is 10.3. The molecule has 134 valence electrons. The van der Waals surface area contributed by atoms with Gasteiger partial charge in [-0.2, -0.15) is 0 Å². The molecule has 1 aromatic carbocycles. The molecule has 0 aliphatic carbocycles. The molecular weight excluding hydrogens is 322 g/mol. The number of nitrogens with zero attached hydrogens (tertiary/aromatic N) is 1. The lowest BCUT2D eigenvalue weighted by molar-refractivity contribution is 0.0942. The average molecular weight is 345 g/mol. The average Bonchev–Trinajstić information content (AvgIpc) is 2.66. The van der Waals surface area contributed by atoms with E-state index in [1.165, 1.54) is 0 Å². The lowest BCUT2D eigenvalue weighted by Gasteiger charge is -2.09. The zero-order chi connectivity index (χ0) is 17.9. The number of pyridine rings is 1. The van der Waals surface area contributed by atoms with Crippen LogP contribution in [0.25, 0.3) is 0 Å². The Bertz CT molecular complexity index is 644. The number of hydrogen-bond acceptors (Lipinski definition) is 6. The Morgan fingerprint density at radius 1 is 1.00 bits per heavy atom. The number of rotatable bonds is 10. The molecule has 0 saturated carbocycles. The molecule has 2 N–H and O–H groups in total. The van der Waals surface area contributed by atoms with Crippen LogP contribution in [0.4, 0.5) is 5.69 Å². The van der Waals surface area contributed by atoms with E-state index < -0.39 is 0 Å². The molecule has 25 heavy (non-hydrogen) atoms. The van der Waals surface area contributed by atoms with Gasteiger partial charge in [0.2, 0.25) is 0 Å². The van der Waals surface area contributed by atoms with Gasteiger partial charge in [0.15, 0.2) is 0 Å². The van der Waals surface area contributed by atoms with Gasteiger partial charge in [0.25, 0.3) is 5.91 Å². The summed E-state index contributed by atoms with van der Waals surface area (Å²) in [5.41, 5.74) is 1.21. The Hall–Kier alpha value is -2.80. The van der Waals surface area contributed by atoms with Gasteiger partial charge in [-0.25, -0.2) is 4.98 Å². The predicted octanol–water partition coefficient (Wildman–Crippen LogP) is 1.96. The molecule has 0 fully saturated rings. The van der Waals surface area contributed by atoms with Crippen LogP contribution in [-0.2, 0) is 4.74 Å². The van der Waals surface area contributed by atoms with Crippen molar-refractivity contribution in [3.05, 3.63) is 48.3 Å². The topological polar surface area (TPSA) is 81.7 Å². The van der Waals surface area contributed by atoms with Crippen molar-refractivity contribution in [1.29, 1.82) is 0 Å². The summed E-state index contributed by atoms with van der Waals surface area (Å²) in [5, 5.41) is 5.91. The van der Waals surface area contributed by atoms with Crippen molar-refractivity contribution in [3.8, 4) is 11.5 Å². The van der Waals surface area contributed by atoms with Gasteiger partial charge in [0.05, 0.1) is 32.1 Å². The van der Waals surface area contributed by atoms with Gasteiger partial charge in [-0.1, -0.05) is 0 Å². The number of carbonyl (C=O) groups is 1. The van der Waals surface area contributed by atoms with Crippen molar-refractivity contribution in [2.75, 3.05) is 45.8 Å². The first-order valence-electron chi connectivity index (χ1n) is 7.97. The fourth-order valence-corrected chi connectivity index (χ4v) is 2.03. The number of anilines is 1. The third-order valence-electron chi connectivity index (χ3n) is 3.35. The normalized spacial score (nSPS) is 10.2. The van der Waals surface area contributed by atoms with Crippen LogP contribution in [-0.4, -0.2) is 51.4 Å². The zero-order valence-electron chi connectivity index (χ0n) is 14.5. The maximum Gasteiger partial charge on any atom is 0.269 e. The first kappa shape index (κ1) is 18.5. The van der Waals surface area contributed by atoms with E-state index >= 15 is 0 Å². The second kappa shape index (κ2) is 10.1. The van der Waals surface area contributed by atoms with Crippen LogP contribution in [0.2, 0.25) is 0 Å². The van der Waals surface area contributed by atoms with E-state index in [1.54, 1.807) is 26.5 Å². The number of amides is 1. The highest BCUT2D eigenvalue weighted by molar-refractivity contribution is 5.92. The van der Waals surface area contributed by atoms with Gasteiger partial charge in [-0.15, -0.1) is 0 Å². The fraction of sp³-hybridized carbons (Fsp3) is 0.333. The Morgan fingerprint density at radius 3 is 2.40 bits per heavy atom. The molecule has 0 radical (unpaired) electrons. The van der Waals surface area contributed by atoms with Gasteiger partial charge in [0, 0.05) is 13.7 Å². The van der Waals surface area contributed by atoms with Crippen molar-refractivity contribution in [3.63, 3.8) is 0 Å². The zero-order valence-corrected chi connectivity index (χ0v) is 14.5. The SMILES string of the molecule is COCCNc1ccc(C(=O)NCCOc2ccc(OC)cc2)nc1. The summed E-state index contributed by atoms with van der Waals surface area (Å²) in [5.74, 6) is 1.26. The summed E-state index contributed by atoms with van der Waals surface area (Å²) in [4.78, 5) is 16.2. The summed E-state index contributed by atoms with van der Waals surface area (Å²) >= 11 is 0. The molecule has 1 amide bonds. The standard InChI is InChI=1S/C18H23N3O4/c1-23-11-9-19-14-3-8-17(21-13-14)18(22)20-10-12-25-16-6-4-15(24-2)5-7-16/h3-8,13,19H,9-12H2,1-2H3,(H,20,22). The van der Waals surface area contributed by atoms with Crippen LogP contribution in [0.1, 0.15) is 10.5 Å². The largest absolute Gasteiger partial charge is 0.497 e. The highest BCUT2D eigenvalue weighted by atomic mass is 16.5. The maximum absolute atomic E-state index is 12.0. The molecule has 0 bridgehead atoms. The monoisotopic (exact) mass is 345 g/mol. The molecule has 0 saturated heterocycles. The molecule has 1 aromatic heterocycles. The predicted molar refractivity (Wildman–Crippen MR) is 95.4 cm³/mol. The van der Waals surface area contributed by atoms with Crippen LogP contribution < -0.4 is 20.1 Å². The highest BCUT2D eigenvalue weighted by Gasteiger charge is 2.06. The van der Waals surface area contributed by atoms with Crippen molar-refractivity contribution in [1.82, 2.24) is 10.3 Å². The van der Waals surface area contributed by atoms with Gasteiger partial charge < -0.3 is 24.8 Å². The molecule has 0 spiro atoms. The summed E-state index contributed by atoms with van der Waals surface area (Å²) < 4.78 is 15.6. The molecule has 7 heteroatoms. The third-order valence-corrected chi connectivity index (χ3v) is 3.35. The van der Waals surface area contributed by atoms with E-state index in [0.717, 1.165) is 17.2 Å². The van der Waals surface area contributed by atoms with Gasteiger partial charge in [-0.3, -0.25) is 4.79 Å². The number of carbonyl (C=O) groups excluding carboxylic acids is 1. The quantitative estimate of drug-likeness (QED) is 0.641. The van der Waals surface area contributed by atoms with Crippen LogP contribution >= 0.6 is 0 Å². The summed E-state index contributed by atoms with van der Waals surface area (Å²) in [6.07, 6.45) is 1.62. The maximum atomic E-state index is 12.0. The van der Waals surface area contributed by atoms with Crippen LogP contribution in [0.3, 0.4) is 0 Å². The number of nitrogens with one attached hydrogen (secondary N) is 2.